The quantitative estimate of drug-likeness (QED) is 0.765. The molecule has 0 aliphatic carbocycles. The van der Waals surface area contributed by atoms with E-state index < -0.39 is 0 Å². The fourth-order valence-corrected chi connectivity index (χ4v) is 1.66. The van der Waals surface area contributed by atoms with E-state index in [2.05, 4.69) is 19.2 Å². The van der Waals surface area contributed by atoms with Gasteiger partial charge in [0.2, 0.25) is 0 Å². The number of aliphatic hydroxyl groups excluding tert-OH is 1. The smallest absolute Gasteiger partial charge is 0.0652 e. The maximum atomic E-state index is 9.43. The van der Waals surface area contributed by atoms with Gasteiger partial charge in [0.05, 0.1) is 12.1 Å². The van der Waals surface area contributed by atoms with Gasteiger partial charge in [-0.15, -0.1) is 0 Å². The zero-order valence-electron chi connectivity index (χ0n) is 9.12. The molecule has 0 aliphatic heterocycles. The van der Waals surface area contributed by atoms with Crippen LogP contribution in [-0.4, -0.2) is 17.8 Å². The van der Waals surface area contributed by atoms with Crippen molar-refractivity contribution >= 4 is 0 Å². The maximum Gasteiger partial charge on any atom is 0.0652 e. The van der Waals surface area contributed by atoms with Gasteiger partial charge in [0.1, 0.15) is 0 Å². The molecule has 2 nitrogen and oxygen atoms in total. The molecule has 0 amide bonds. The first-order valence-corrected chi connectivity index (χ1v) is 5.02. The lowest BCUT2D eigenvalue weighted by molar-refractivity contribution is 0.166. The third-order valence-electron chi connectivity index (χ3n) is 2.33. The van der Waals surface area contributed by atoms with E-state index >= 15 is 0 Å². The molecule has 0 aromatic heterocycles. The topological polar surface area (TPSA) is 32.3 Å². The Bertz CT molecular complexity index is 271. The third kappa shape index (κ3) is 2.56. The van der Waals surface area contributed by atoms with Gasteiger partial charge < -0.3 is 10.4 Å². The molecule has 1 unspecified atom stereocenters. The van der Waals surface area contributed by atoms with Crippen molar-refractivity contribution in [2.45, 2.75) is 32.4 Å². The zero-order chi connectivity index (χ0) is 10.6. The van der Waals surface area contributed by atoms with Crippen LogP contribution in [0.25, 0.3) is 0 Å². The van der Waals surface area contributed by atoms with Crippen LogP contribution in [-0.2, 0) is 5.54 Å². The van der Waals surface area contributed by atoms with Crippen molar-refractivity contribution in [3.05, 3.63) is 35.9 Å². The number of aliphatic hydroxyl groups is 1. The lowest BCUT2D eigenvalue weighted by Crippen LogP contribution is -2.46. The van der Waals surface area contributed by atoms with Gasteiger partial charge in [-0.05, 0) is 26.3 Å². The van der Waals surface area contributed by atoms with Crippen LogP contribution in [0.1, 0.15) is 26.3 Å². The van der Waals surface area contributed by atoms with Crippen molar-refractivity contribution in [1.82, 2.24) is 5.32 Å². The molecule has 1 aromatic carbocycles. The Balaban J connectivity index is 2.90. The second-order valence-electron chi connectivity index (χ2n) is 4.16. The highest BCUT2D eigenvalue weighted by molar-refractivity contribution is 5.23. The van der Waals surface area contributed by atoms with Gasteiger partial charge in [0.15, 0.2) is 0 Å². The van der Waals surface area contributed by atoms with Gasteiger partial charge in [-0.2, -0.15) is 0 Å². The molecule has 1 aromatic rings. The summed E-state index contributed by atoms with van der Waals surface area (Å²) in [4.78, 5) is 0. The first-order chi connectivity index (χ1) is 6.58. The van der Waals surface area contributed by atoms with Crippen molar-refractivity contribution in [3.8, 4) is 0 Å². The van der Waals surface area contributed by atoms with E-state index in [1.165, 1.54) is 0 Å². The monoisotopic (exact) mass is 193 g/mol. The molecule has 0 bridgehead atoms. The Morgan fingerprint density at radius 2 is 1.86 bits per heavy atom. The van der Waals surface area contributed by atoms with Crippen LogP contribution >= 0.6 is 0 Å². The van der Waals surface area contributed by atoms with Crippen LogP contribution in [0.5, 0.6) is 0 Å². The highest BCUT2D eigenvalue weighted by atomic mass is 16.3. The summed E-state index contributed by atoms with van der Waals surface area (Å²) in [6, 6.07) is 10.4. The van der Waals surface area contributed by atoms with Crippen LogP contribution in [0, 0.1) is 0 Å². The summed E-state index contributed by atoms with van der Waals surface area (Å²) in [5.41, 5.74) is 0.784. The largest absolute Gasteiger partial charge is 0.394 e. The van der Waals surface area contributed by atoms with E-state index in [9.17, 15) is 5.11 Å². The normalized spacial score (nSPS) is 15.5. The fourth-order valence-electron chi connectivity index (χ4n) is 1.66. The number of hydrogen-bond donors (Lipinski definition) is 2. The first kappa shape index (κ1) is 11.2. The molecule has 14 heavy (non-hydrogen) atoms. The van der Waals surface area contributed by atoms with Gasteiger partial charge in [-0.3, -0.25) is 0 Å². The lowest BCUT2D eigenvalue weighted by atomic mass is 9.92. The molecular weight excluding hydrogens is 174 g/mol. The third-order valence-corrected chi connectivity index (χ3v) is 2.33. The summed E-state index contributed by atoms with van der Waals surface area (Å²) < 4.78 is 0. The highest BCUT2D eigenvalue weighted by Gasteiger charge is 2.25. The van der Waals surface area contributed by atoms with Crippen LogP contribution in [0.2, 0.25) is 0 Å². The van der Waals surface area contributed by atoms with Gasteiger partial charge in [-0.1, -0.05) is 30.3 Å². The Labute approximate surface area is 86.0 Å². The maximum absolute atomic E-state index is 9.43. The summed E-state index contributed by atoms with van der Waals surface area (Å²) in [6.45, 7) is 6.28. The van der Waals surface area contributed by atoms with E-state index in [0.29, 0.717) is 6.04 Å². The standard InChI is InChI=1S/C12H19NO/c1-10(2)13-12(3,9-14)11-7-5-4-6-8-11/h4-8,10,13-14H,9H2,1-3H3. The molecule has 0 heterocycles. The van der Waals surface area contributed by atoms with Crippen molar-refractivity contribution < 1.29 is 5.11 Å². The van der Waals surface area contributed by atoms with Crippen molar-refractivity contribution in [2.75, 3.05) is 6.61 Å². The minimum absolute atomic E-state index is 0.106. The van der Waals surface area contributed by atoms with Gasteiger partial charge in [0, 0.05) is 6.04 Å². The molecule has 0 spiro atoms. The Morgan fingerprint density at radius 1 is 1.29 bits per heavy atom. The average Bonchev–Trinajstić information content (AvgIpc) is 2.18. The molecule has 0 radical (unpaired) electrons. The summed E-state index contributed by atoms with van der Waals surface area (Å²) in [5, 5.41) is 12.8. The molecule has 1 rings (SSSR count). The predicted octanol–water partition coefficient (Wildman–Crippen LogP) is 1.89. The van der Waals surface area contributed by atoms with Gasteiger partial charge in [0.25, 0.3) is 0 Å². The van der Waals surface area contributed by atoms with Crippen LogP contribution in [0.15, 0.2) is 30.3 Å². The van der Waals surface area contributed by atoms with E-state index in [1.807, 2.05) is 37.3 Å². The van der Waals surface area contributed by atoms with Gasteiger partial charge in [-0.25, -0.2) is 0 Å². The van der Waals surface area contributed by atoms with Crippen molar-refractivity contribution in [2.24, 2.45) is 0 Å². The lowest BCUT2D eigenvalue weighted by Gasteiger charge is -2.31. The molecule has 2 N–H and O–H groups in total. The van der Waals surface area contributed by atoms with Crippen molar-refractivity contribution in [3.63, 3.8) is 0 Å². The second-order valence-corrected chi connectivity index (χ2v) is 4.16. The summed E-state index contributed by atoms with van der Waals surface area (Å²) in [7, 11) is 0. The second kappa shape index (κ2) is 4.58. The van der Waals surface area contributed by atoms with Crippen molar-refractivity contribution in [1.29, 1.82) is 0 Å². The zero-order valence-corrected chi connectivity index (χ0v) is 9.12. The van der Waals surface area contributed by atoms with Crippen LogP contribution < -0.4 is 5.32 Å². The van der Waals surface area contributed by atoms with E-state index in [0.717, 1.165) is 5.56 Å². The first-order valence-electron chi connectivity index (χ1n) is 5.02. The number of hydrogen-bond acceptors (Lipinski definition) is 2. The average molecular weight is 193 g/mol. The Hall–Kier alpha value is -0.860. The van der Waals surface area contributed by atoms with Gasteiger partial charge >= 0.3 is 0 Å². The fraction of sp³-hybridized carbons (Fsp3) is 0.500. The number of nitrogens with one attached hydrogen (secondary N) is 1. The minimum atomic E-state index is -0.338. The summed E-state index contributed by atoms with van der Waals surface area (Å²) in [6.07, 6.45) is 0. The Morgan fingerprint density at radius 3 is 2.29 bits per heavy atom. The van der Waals surface area contributed by atoms with Crippen LogP contribution in [0.3, 0.4) is 0 Å². The summed E-state index contributed by atoms with van der Waals surface area (Å²) in [5.74, 6) is 0. The molecule has 78 valence electrons. The molecule has 1 atom stereocenters. The molecule has 0 saturated heterocycles. The molecular formula is C12H19NO. The van der Waals surface area contributed by atoms with E-state index in [-0.39, 0.29) is 12.1 Å². The van der Waals surface area contributed by atoms with E-state index in [4.69, 9.17) is 0 Å². The summed E-state index contributed by atoms with van der Waals surface area (Å²) >= 11 is 0. The predicted molar refractivity (Wildman–Crippen MR) is 59.2 cm³/mol. The van der Waals surface area contributed by atoms with Crippen LogP contribution in [0.4, 0.5) is 0 Å². The minimum Gasteiger partial charge on any atom is -0.394 e. The molecule has 0 aliphatic rings. The molecule has 0 saturated carbocycles. The number of benzene rings is 1. The molecule has 0 fully saturated rings. The SMILES string of the molecule is CC(C)NC(C)(CO)c1ccccc1. The van der Waals surface area contributed by atoms with E-state index in [1.54, 1.807) is 0 Å². The molecule has 2 heteroatoms. The Kier molecular flexibility index (Phi) is 3.67. The highest BCUT2D eigenvalue weighted by Crippen LogP contribution is 2.20. The number of rotatable bonds is 4.